The predicted molar refractivity (Wildman–Crippen MR) is 135 cm³/mol. The van der Waals surface area contributed by atoms with Crippen LogP contribution in [0.4, 0.5) is 0 Å². The molecule has 3 amide bonds. The van der Waals surface area contributed by atoms with Crippen molar-refractivity contribution in [2.75, 3.05) is 14.1 Å². The molecule has 0 aromatic heterocycles. The van der Waals surface area contributed by atoms with Gasteiger partial charge in [-0.3, -0.25) is 19.3 Å². The number of amides is 3. The summed E-state index contributed by atoms with van der Waals surface area (Å²) in [6, 6.07) is 4.45. The zero-order valence-electron chi connectivity index (χ0n) is 21.7. The number of hydrogen-bond donors (Lipinski definition) is 4. The molecule has 2 aliphatic heterocycles. The molecular weight excluding hydrogens is 448 g/mol. The van der Waals surface area contributed by atoms with Gasteiger partial charge in [0.15, 0.2) is 0 Å². The third kappa shape index (κ3) is 7.53. The van der Waals surface area contributed by atoms with E-state index in [9.17, 15) is 19.5 Å². The SMILES string of the molecule is CCC1NC(=O)C(NC(=O)C(C(O)C(C)C)N(C)C)C(C(C)C)Oc2ccc(cc2)C=CNC1=O. The maximum Gasteiger partial charge on any atom is 0.247 e. The number of likely N-dealkylation sites (N-methyl/N-ethyl adjacent to an activating group) is 1. The van der Waals surface area contributed by atoms with E-state index in [-0.39, 0.29) is 17.7 Å². The van der Waals surface area contributed by atoms with Gasteiger partial charge in [-0.15, -0.1) is 0 Å². The highest BCUT2D eigenvalue weighted by Crippen LogP contribution is 2.21. The van der Waals surface area contributed by atoms with Crippen molar-refractivity contribution >= 4 is 23.8 Å². The van der Waals surface area contributed by atoms with E-state index < -0.39 is 42.1 Å². The summed E-state index contributed by atoms with van der Waals surface area (Å²) in [5.74, 6) is -1.19. The Kier molecular flexibility index (Phi) is 10.3. The van der Waals surface area contributed by atoms with Crippen molar-refractivity contribution < 1.29 is 24.2 Å². The quantitative estimate of drug-likeness (QED) is 0.462. The standard InChI is InChI=1S/C26H40N4O5/c1-8-19-24(32)27-14-13-17-9-11-18(12-10-17)35-23(16(4)5)20(25(33)28-19)29-26(34)21(30(6)7)22(31)15(2)3/h9-16,19-23,31H,8H2,1-7H3,(H,27,32)(H,28,33)(H,29,34). The molecule has 2 bridgehead atoms. The van der Waals surface area contributed by atoms with Crippen LogP contribution in [0.15, 0.2) is 30.5 Å². The first kappa shape index (κ1) is 28.3. The number of carbonyl (C=O) groups excluding carboxylic acids is 3. The molecule has 9 nitrogen and oxygen atoms in total. The first-order valence-corrected chi connectivity index (χ1v) is 12.1. The molecule has 194 valence electrons. The molecule has 0 saturated heterocycles. The molecule has 0 saturated carbocycles. The highest BCUT2D eigenvalue weighted by Gasteiger charge is 2.39. The van der Waals surface area contributed by atoms with Gasteiger partial charge in [0, 0.05) is 6.20 Å². The van der Waals surface area contributed by atoms with Crippen LogP contribution in [0.5, 0.6) is 5.75 Å². The predicted octanol–water partition coefficient (Wildman–Crippen LogP) is 1.52. The van der Waals surface area contributed by atoms with E-state index in [1.165, 1.54) is 6.20 Å². The van der Waals surface area contributed by atoms with Gasteiger partial charge in [0.05, 0.1) is 6.10 Å². The summed E-state index contributed by atoms with van der Waals surface area (Å²) in [7, 11) is 3.40. The molecule has 35 heavy (non-hydrogen) atoms. The third-order valence-corrected chi connectivity index (χ3v) is 6.09. The molecular formula is C26H40N4O5. The van der Waals surface area contributed by atoms with E-state index in [0.29, 0.717) is 12.2 Å². The molecule has 2 aliphatic rings. The minimum absolute atomic E-state index is 0.166. The fourth-order valence-corrected chi connectivity index (χ4v) is 3.93. The molecule has 9 heteroatoms. The molecule has 0 fully saturated rings. The van der Waals surface area contributed by atoms with E-state index in [2.05, 4.69) is 16.0 Å². The highest BCUT2D eigenvalue weighted by molar-refractivity contribution is 5.94. The Morgan fingerprint density at radius 3 is 2.26 bits per heavy atom. The molecule has 0 spiro atoms. The van der Waals surface area contributed by atoms with Crippen LogP contribution in [0.1, 0.15) is 46.6 Å². The Balaban J connectivity index is 2.49. The van der Waals surface area contributed by atoms with Crippen molar-refractivity contribution in [1.29, 1.82) is 0 Å². The fraction of sp³-hybridized carbons (Fsp3) is 0.577. The van der Waals surface area contributed by atoms with Crippen LogP contribution in [-0.4, -0.2) is 72.2 Å². The Morgan fingerprint density at radius 2 is 1.74 bits per heavy atom. The monoisotopic (exact) mass is 488 g/mol. The zero-order chi connectivity index (χ0) is 26.3. The van der Waals surface area contributed by atoms with Crippen LogP contribution < -0.4 is 20.7 Å². The second-order valence-corrected chi connectivity index (χ2v) is 9.84. The summed E-state index contributed by atoms with van der Waals surface area (Å²) in [4.78, 5) is 41.2. The maximum absolute atomic E-state index is 13.5. The second kappa shape index (κ2) is 12.7. The Labute approximate surface area is 208 Å². The number of hydrogen-bond acceptors (Lipinski definition) is 6. The van der Waals surface area contributed by atoms with E-state index in [0.717, 1.165) is 5.56 Å². The molecule has 1 aromatic rings. The van der Waals surface area contributed by atoms with E-state index >= 15 is 0 Å². The lowest BCUT2D eigenvalue weighted by atomic mass is 9.95. The average molecular weight is 489 g/mol. The van der Waals surface area contributed by atoms with E-state index in [1.54, 1.807) is 44.1 Å². The van der Waals surface area contributed by atoms with Crippen molar-refractivity contribution in [3.8, 4) is 5.75 Å². The lowest BCUT2D eigenvalue weighted by molar-refractivity contribution is -0.138. The maximum atomic E-state index is 13.5. The van der Waals surface area contributed by atoms with Crippen LogP contribution in [0.3, 0.4) is 0 Å². The minimum Gasteiger partial charge on any atom is -0.487 e. The summed E-state index contributed by atoms with van der Waals surface area (Å²) < 4.78 is 6.23. The van der Waals surface area contributed by atoms with Crippen LogP contribution in [0.2, 0.25) is 0 Å². The topological polar surface area (TPSA) is 120 Å². The van der Waals surface area contributed by atoms with Crippen molar-refractivity contribution in [3.63, 3.8) is 0 Å². The van der Waals surface area contributed by atoms with Gasteiger partial charge < -0.3 is 25.8 Å². The first-order chi connectivity index (χ1) is 16.5. The van der Waals surface area contributed by atoms with Crippen LogP contribution in [0.25, 0.3) is 6.08 Å². The zero-order valence-corrected chi connectivity index (χ0v) is 21.7. The Morgan fingerprint density at radius 1 is 1.11 bits per heavy atom. The number of aliphatic hydroxyl groups is 1. The Hall–Kier alpha value is -2.91. The van der Waals surface area contributed by atoms with Crippen molar-refractivity contribution in [1.82, 2.24) is 20.9 Å². The van der Waals surface area contributed by atoms with E-state index in [1.807, 2.05) is 39.8 Å². The van der Waals surface area contributed by atoms with Gasteiger partial charge >= 0.3 is 0 Å². The first-order valence-electron chi connectivity index (χ1n) is 12.1. The van der Waals surface area contributed by atoms with Crippen LogP contribution in [-0.2, 0) is 14.4 Å². The van der Waals surface area contributed by atoms with Crippen molar-refractivity contribution in [2.45, 2.75) is 71.4 Å². The van der Waals surface area contributed by atoms with Gasteiger partial charge in [0.25, 0.3) is 0 Å². The summed E-state index contributed by atoms with van der Waals surface area (Å²) in [5.41, 5.74) is 0.870. The average Bonchev–Trinajstić information content (AvgIpc) is 2.79. The molecule has 0 radical (unpaired) electrons. The van der Waals surface area contributed by atoms with Gasteiger partial charge in [-0.2, -0.15) is 0 Å². The lowest BCUT2D eigenvalue weighted by Gasteiger charge is -2.35. The highest BCUT2D eigenvalue weighted by atomic mass is 16.5. The van der Waals surface area contributed by atoms with E-state index in [4.69, 9.17) is 4.74 Å². The van der Waals surface area contributed by atoms with Gasteiger partial charge in [0.1, 0.15) is 30.0 Å². The van der Waals surface area contributed by atoms with Gasteiger partial charge in [-0.1, -0.05) is 46.8 Å². The summed E-state index contributed by atoms with van der Waals surface area (Å²) in [5, 5.41) is 19.0. The van der Waals surface area contributed by atoms with Gasteiger partial charge in [-0.25, -0.2) is 0 Å². The minimum atomic E-state index is -1.11. The van der Waals surface area contributed by atoms with Crippen molar-refractivity contribution in [3.05, 3.63) is 36.0 Å². The molecule has 0 aliphatic carbocycles. The number of carbonyl (C=O) groups is 3. The Bertz CT molecular complexity index is 898. The number of benzene rings is 1. The summed E-state index contributed by atoms with van der Waals surface area (Å²) in [6.07, 6.45) is 1.97. The number of nitrogens with zero attached hydrogens (tertiary/aromatic N) is 1. The fourth-order valence-electron chi connectivity index (χ4n) is 3.93. The van der Waals surface area contributed by atoms with Crippen LogP contribution in [0, 0.1) is 11.8 Å². The molecule has 3 rings (SSSR count). The summed E-state index contributed by atoms with van der Waals surface area (Å²) in [6.45, 7) is 9.23. The smallest absolute Gasteiger partial charge is 0.247 e. The molecule has 5 atom stereocenters. The number of ether oxygens (including phenoxy) is 1. The number of fused-ring (bicyclic) bond motifs is 10. The number of aliphatic hydroxyl groups excluding tert-OH is 1. The largest absolute Gasteiger partial charge is 0.487 e. The van der Waals surface area contributed by atoms with Gasteiger partial charge in [0.2, 0.25) is 17.7 Å². The molecule has 1 aromatic carbocycles. The normalized spacial score (nSPS) is 22.9. The van der Waals surface area contributed by atoms with Crippen molar-refractivity contribution in [2.24, 2.45) is 11.8 Å². The summed E-state index contributed by atoms with van der Waals surface area (Å²) >= 11 is 0. The van der Waals surface area contributed by atoms with Gasteiger partial charge in [-0.05, 0) is 56.1 Å². The van der Waals surface area contributed by atoms with Crippen LogP contribution >= 0.6 is 0 Å². The number of rotatable bonds is 7. The number of nitrogens with one attached hydrogen (secondary N) is 3. The lowest BCUT2D eigenvalue weighted by Crippen LogP contribution is -2.63. The third-order valence-electron chi connectivity index (χ3n) is 6.09. The second-order valence-electron chi connectivity index (χ2n) is 9.84. The molecule has 4 N–H and O–H groups in total. The molecule has 2 heterocycles. The molecule has 5 unspecified atom stereocenters.